The fourth-order valence-corrected chi connectivity index (χ4v) is 4.64. The Balaban J connectivity index is 1.26. The average Bonchev–Trinajstić information content (AvgIpc) is 3.64. The Kier molecular flexibility index (Phi) is 5.62. The van der Waals surface area contributed by atoms with Crippen molar-refractivity contribution >= 4 is 40.2 Å². The maximum Gasteiger partial charge on any atom is 0.228 e. The first-order chi connectivity index (χ1) is 16.0. The zero-order valence-electron chi connectivity index (χ0n) is 18.6. The highest BCUT2D eigenvalue weighted by Crippen LogP contribution is 2.48. The second-order valence-electron chi connectivity index (χ2n) is 8.45. The number of aromatic nitrogens is 2. The van der Waals surface area contributed by atoms with E-state index in [2.05, 4.69) is 9.88 Å². The van der Waals surface area contributed by atoms with Crippen molar-refractivity contribution in [2.45, 2.75) is 12.3 Å². The van der Waals surface area contributed by atoms with Gasteiger partial charge in [-0.3, -0.25) is 4.79 Å². The number of hydrogen-bond donors (Lipinski definition) is 1. The first-order valence-electron chi connectivity index (χ1n) is 11.0. The van der Waals surface area contributed by atoms with Gasteiger partial charge in [0.05, 0.1) is 19.7 Å². The summed E-state index contributed by atoms with van der Waals surface area (Å²) >= 11 is 5.98. The third-order valence-electron chi connectivity index (χ3n) is 6.50. The molecule has 2 unspecified atom stereocenters. The Bertz CT molecular complexity index is 1190. The molecule has 1 amide bonds. The molecule has 1 aromatic heterocycles. The molecule has 2 N–H and O–H groups in total. The Hall–Kier alpha value is -3.26. The van der Waals surface area contributed by atoms with E-state index in [4.69, 9.17) is 31.8 Å². The van der Waals surface area contributed by atoms with Crippen LogP contribution in [0.4, 0.5) is 11.8 Å². The predicted molar refractivity (Wildman–Crippen MR) is 128 cm³/mol. The quantitative estimate of drug-likeness (QED) is 0.615. The van der Waals surface area contributed by atoms with Crippen molar-refractivity contribution in [1.29, 1.82) is 0 Å². The van der Waals surface area contributed by atoms with Crippen LogP contribution >= 0.6 is 11.6 Å². The van der Waals surface area contributed by atoms with Crippen molar-refractivity contribution < 1.29 is 14.3 Å². The van der Waals surface area contributed by atoms with E-state index in [1.165, 1.54) is 5.56 Å². The Morgan fingerprint density at radius 3 is 2.36 bits per heavy atom. The third kappa shape index (κ3) is 4.11. The van der Waals surface area contributed by atoms with Crippen molar-refractivity contribution in [1.82, 2.24) is 14.9 Å². The molecular weight excluding hydrogens is 442 g/mol. The van der Waals surface area contributed by atoms with Crippen molar-refractivity contribution in [2.24, 2.45) is 5.92 Å². The molecule has 0 spiro atoms. The fourth-order valence-electron chi connectivity index (χ4n) is 4.52. The van der Waals surface area contributed by atoms with Gasteiger partial charge < -0.3 is 25.0 Å². The number of piperazine rings is 1. The number of hydrogen-bond acceptors (Lipinski definition) is 7. The highest BCUT2D eigenvalue weighted by Gasteiger charge is 2.46. The molecule has 1 aliphatic heterocycles. The smallest absolute Gasteiger partial charge is 0.228 e. The number of benzene rings is 2. The van der Waals surface area contributed by atoms with Crippen LogP contribution in [0.25, 0.3) is 10.9 Å². The van der Waals surface area contributed by atoms with Crippen LogP contribution < -0.4 is 20.1 Å². The van der Waals surface area contributed by atoms with E-state index in [0.29, 0.717) is 71.3 Å². The van der Waals surface area contributed by atoms with Crippen LogP contribution in [-0.2, 0) is 4.79 Å². The lowest BCUT2D eigenvalue weighted by Gasteiger charge is -2.35. The third-order valence-corrected chi connectivity index (χ3v) is 6.75. The largest absolute Gasteiger partial charge is 0.493 e. The van der Waals surface area contributed by atoms with Crippen LogP contribution in [0.15, 0.2) is 36.4 Å². The Morgan fingerprint density at radius 1 is 1.03 bits per heavy atom. The molecule has 172 valence electrons. The van der Waals surface area contributed by atoms with Crippen molar-refractivity contribution in [3.8, 4) is 11.5 Å². The molecule has 1 saturated heterocycles. The molecule has 8 nitrogen and oxygen atoms in total. The lowest BCUT2D eigenvalue weighted by Crippen LogP contribution is -2.49. The number of nitrogens with zero attached hydrogens (tertiary/aromatic N) is 4. The molecule has 1 saturated carbocycles. The summed E-state index contributed by atoms with van der Waals surface area (Å²) < 4.78 is 10.7. The van der Waals surface area contributed by atoms with E-state index in [0.717, 1.165) is 6.42 Å². The lowest BCUT2D eigenvalue weighted by molar-refractivity contribution is -0.133. The van der Waals surface area contributed by atoms with Gasteiger partial charge in [-0.2, -0.15) is 4.98 Å². The van der Waals surface area contributed by atoms with Gasteiger partial charge in [-0.15, -0.1) is 0 Å². The molecule has 0 bridgehead atoms. The number of fused-ring (bicyclic) bond motifs is 1. The van der Waals surface area contributed by atoms with Gasteiger partial charge in [0, 0.05) is 48.6 Å². The highest BCUT2D eigenvalue weighted by molar-refractivity contribution is 6.30. The van der Waals surface area contributed by atoms with Crippen molar-refractivity contribution in [3.05, 3.63) is 47.0 Å². The number of nitrogen functional groups attached to an aromatic ring is 1. The zero-order valence-corrected chi connectivity index (χ0v) is 19.4. The number of ether oxygens (including phenoxy) is 2. The lowest BCUT2D eigenvalue weighted by atomic mass is 10.1. The summed E-state index contributed by atoms with van der Waals surface area (Å²) in [6.45, 7) is 2.58. The minimum atomic E-state index is 0.0627. The van der Waals surface area contributed by atoms with Gasteiger partial charge in [0.2, 0.25) is 11.9 Å². The van der Waals surface area contributed by atoms with Gasteiger partial charge in [-0.25, -0.2) is 4.98 Å². The first-order valence-corrected chi connectivity index (χ1v) is 11.3. The van der Waals surface area contributed by atoms with E-state index < -0.39 is 0 Å². The molecule has 2 heterocycles. The number of carbonyl (C=O) groups excluding carboxylic acids is 1. The standard InChI is InChI=1S/C24H26ClN5O3/c1-32-20-12-18-19(13-21(20)33-2)27-24(28-22(18)26)30-9-7-29(8-10-30)23(31)17-11-16(17)14-3-5-15(25)6-4-14/h3-6,12-13,16-17H,7-11H2,1-2H3,(H2,26,27,28). The zero-order chi connectivity index (χ0) is 23.1. The maximum absolute atomic E-state index is 13.0. The fraction of sp³-hybridized carbons (Fsp3) is 0.375. The number of carbonyl (C=O) groups is 1. The molecule has 3 aromatic rings. The second kappa shape index (κ2) is 8.59. The second-order valence-corrected chi connectivity index (χ2v) is 8.88. The van der Waals surface area contributed by atoms with Crippen LogP contribution in [0.5, 0.6) is 11.5 Å². The topological polar surface area (TPSA) is 93.8 Å². The highest BCUT2D eigenvalue weighted by atomic mass is 35.5. The number of rotatable bonds is 5. The van der Waals surface area contributed by atoms with E-state index in [-0.39, 0.29) is 11.8 Å². The van der Waals surface area contributed by atoms with Gasteiger partial charge in [-0.1, -0.05) is 23.7 Å². The number of anilines is 2. The average molecular weight is 468 g/mol. The number of methoxy groups -OCH3 is 2. The van der Waals surface area contributed by atoms with E-state index >= 15 is 0 Å². The monoisotopic (exact) mass is 467 g/mol. The number of amides is 1. The molecule has 2 aliphatic rings. The summed E-state index contributed by atoms with van der Waals surface area (Å²) in [5.41, 5.74) is 8.11. The number of nitrogens with two attached hydrogens (primary N) is 1. The normalized spacial score (nSPS) is 20.1. The molecule has 33 heavy (non-hydrogen) atoms. The number of halogens is 1. The minimum absolute atomic E-state index is 0.0627. The van der Waals surface area contributed by atoms with E-state index in [9.17, 15) is 4.79 Å². The van der Waals surface area contributed by atoms with Gasteiger partial charge >= 0.3 is 0 Å². The van der Waals surface area contributed by atoms with Crippen LogP contribution in [-0.4, -0.2) is 61.2 Å². The van der Waals surface area contributed by atoms with Crippen LogP contribution in [0, 0.1) is 5.92 Å². The van der Waals surface area contributed by atoms with E-state index in [1.54, 1.807) is 26.4 Å². The molecular formula is C24H26ClN5O3. The summed E-state index contributed by atoms with van der Waals surface area (Å²) in [6, 6.07) is 11.4. The summed E-state index contributed by atoms with van der Waals surface area (Å²) in [4.78, 5) is 26.3. The summed E-state index contributed by atoms with van der Waals surface area (Å²) in [5, 5.41) is 1.43. The SMILES string of the molecule is COc1cc2nc(N3CCN(C(=O)C4CC4c4ccc(Cl)cc4)CC3)nc(N)c2cc1OC. The molecule has 2 atom stereocenters. The van der Waals surface area contributed by atoms with Gasteiger partial charge in [-0.05, 0) is 36.1 Å². The summed E-state index contributed by atoms with van der Waals surface area (Å²) in [6.07, 6.45) is 0.899. The van der Waals surface area contributed by atoms with Crippen LogP contribution in [0.2, 0.25) is 5.02 Å². The van der Waals surface area contributed by atoms with Crippen molar-refractivity contribution in [2.75, 3.05) is 51.0 Å². The molecule has 2 fully saturated rings. The summed E-state index contributed by atoms with van der Waals surface area (Å²) in [5.74, 6) is 2.70. The minimum Gasteiger partial charge on any atom is -0.493 e. The summed E-state index contributed by atoms with van der Waals surface area (Å²) in [7, 11) is 3.16. The van der Waals surface area contributed by atoms with E-state index in [1.807, 2.05) is 29.2 Å². The van der Waals surface area contributed by atoms with Crippen molar-refractivity contribution in [3.63, 3.8) is 0 Å². The Morgan fingerprint density at radius 2 is 1.70 bits per heavy atom. The maximum atomic E-state index is 13.0. The van der Waals surface area contributed by atoms with Gasteiger partial charge in [0.1, 0.15) is 5.82 Å². The van der Waals surface area contributed by atoms with Crippen LogP contribution in [0.1, 0.15) is 17.9 Å². The molecule has 1 aliphatic carbocycles. The first kappa shape index (κ1) is 21.6. The molecule has 2 aromatic carbocycles. The molecule has 9 heteroatoms. The van der Waals surface area contributed by atoms with Gasteiger partial charge in [0.15, 0.2) is 11.5 Å². The predicted octanol–water partition coefficient (Wildman–Crippen LogP) is 3.33. The Labute approximate surface area is 197 Å². The molecule has 5 rings (SSSR count). The molecule has 0 radical (unpaired) electrons. The van der Waals surface area contributed by atoms with Gasteiger partial charge in [0.25, 0.3) is 0 Å². The van der Waals surface area contributed by atoms with Crippen LogP contribution in [0.3, 0.4) is 0 Å².